The van der Waals surface area contributed by atoms with Gasteiger partial charge in [0.05, 0.1) is 6.10 Å². The van der Waals surface area contributed by atoms with Crippen LogP contribution in [0.3, 0.4) is 0 Å². The van der Waals surface area contributed by atoms with Gasteiger partial charge < -0.3 is 4.74 Å². The Labute approximate surface area is 150 Å². The van der Waals surface area contributed by atoms with Crippen LogP contribution < -0.4 is 0 Å². The van der Waals surface area contributed by atoms with Crippen LogP contribution in [0.25, 0.3) is 0 Å². The summed E-state index contributed by atoms with van der Waals surface area (Å²) in [4.78, 5) is 9.39. The Balaban J connectivity index is 0.00000264. The Morgan fingerprint density at radius 2 is 1.87 bits per heavy atom. The van der Waals surface area contributed by atoms with Crippen molar-refractivity contribution in [1.29, 1.82) is 0 Å². The Hall–Kier alpha value is -0.940. The highest BCUT2D eigenvalue weighted by molar-refractivity contribution is 7.11. The number of aryl methyl sites for hydroxylation is 1. The number of aromatic nitrogens is 1. The van der Waals surface area contributed by atoms with E-state index in [1.165, 1.54) is 15.3 Å². The first-order valence-electron chi connectivity index (χ1n) is 7.91. The number of thiophene rings is 1. The maximum Gasteiger partial charge on any atom is 0.0518 e. The Morgan fingerprint density at radius 3 is 2.48 bits per heavy atom. The fraction of sp³-hybridized carbons (Fsp3) is 0.500. The largest absolute Gasteiger partial charge is 0.379 e. The van der Waals surface area contributed by atoms with Gasteiger partial charge in [-0.05, 0) is 57.0 Å². The summed E-state index contributed by atoms with van der Waals surface area (Å²) in [6, 6.07) is 8.63. The summed E-state index contributed by atoms with van der Waals surface area (Å²) < 4.78 is 5.66. The van der Waals surface area contributed by atoms with E-state index >= 15 is 0 Å². The molecule has 2 rings (SSSR count). The van der Waals surface area contributed by atoms with Crippen LogP contribution in [0.1, 0.15) is 35.6 Å². The minimum Gasteiger partial charge on any atom is -0.379 e. The van der Waals surface area contributed by atoms with E-state index in [1.54, 1.807) is 0 Å². The molecule has 0 atom stereocenters. The van der Waals surface area contributed by atoms with Gasteiger partial charge in [-0.3, -0.25) is 9.88 Å². The number of nitrogens with zero attached hydrogens (tertiary/aromatic N) is 2. The lowest BCUT2D eigenvalue weighted by molar-refractivity contribution is 0.0693. The van der Waals surface area contributed by atoms with E-state index in [0.717, 1.165) is 32.7 Å². The van der Waals surface area contributed by atoms with Crippen LogP contribution in [0.2, 0.25) is 0 Å². The molecular formula is C18H27ClN2OS. The average Bonchev–Trinajstić information content (AvgIpc) is 2.89. The predicted molar refractivity (Wildman–Crippen MR) is 100 cm³/mol. The van der Waals surface area contributed by atoms with Gasteiger partial charge >= 0.3 is 0 Å². The highest BCUT2D eigenvalue weighted by atomic mass is 35.5. The quantitative estimate of drug-likeness (QED) is 0.611. The van der Waals surface area contributed by atoms with Crippen molar-refractivity contribution < 1.29 is 4.74 Å². The second-order valence-electron chi connectivity index (χ2n) is 5.85. The molecule has 23 heavy (non-hydrogen) atoms. The van der Waals surface area contributed by atoms with Crippen molar-refractivity contribution in [1.82, 2.24) is 9.88 Å². The topological polar surface area (TPSA) is 25.4 Å². The summed E-state index contributed by atoms with van der Waals surface area (Å²) in [6.07, 6.45) is 5.11. The van der Waals surface area contributed by atoms with E-state index in [0.29, 0.717) is 6.10 Å². The number of hydrogen-bond donors (Lipinski definition) is 0. The van der Waals surface area contributed by atoms with Crippen LogP contribution in [-0.4, -0.2) is 29.1 Å². The molecule has 0 amide bonds. The normalized spacial score (nSPS) is 11.0. The number of pyridine rings is 1. The minimum absolute atomic E-state index is 0. The Morgan fingerprint density at radius 1 is 1.13 bits per heavy atom. The first-order valence-corrected chi connectivity index (χ1v) is 8.73. The summed E-state index contributed by atoms with van der Waals surface area (Å²) in [6.45, 7) is 10.2. The first-order chi connectivity index (χ1) is 10.6. The lowest BCUT2D eigenvalue weighted by Gasteiger charge is -2.22. The molecule has 0 saturated heterocycles. The zero-order valence-electron chi connectivity index (χ0n) is 14.2. The van der Waals surface area contributed by atoms with Gasteiger partial charge in [-0.1, -0.05) is 0 Å². The SMILES string of the molecule is Cc1ccc(CN(CCCOC(C)C)Cc2ccncc2)s1.Cl. The van der Waals surface area contributed by atoms with Crippen LogP contribution >= 0.6 is 23.7 Å². The van der Waals surface area contributed by atoms with Crippen LogP contribution in [0, 0.1) is 6.92 Å². The molecular weight excluding hydrogens is 328 g/mol. The fourth-order valence-corrected chi connectivity index (χ4v) is 3.29. The summed E-state index contributed by atoms with van der Waals surface area (Å²) in [5, 5.41) is 0. The number of rotatable bonds is 9. The minimum atomic E-state index is 0. The molecule has 0 aliphatic rings. The third-order valence-corrected chi connectivity index (χ3v) is 4.39. The molecule has 128 valence electrons. The van der Waals surface area contributed by atoms with Crippen LogP contribution in [0.5, 0.6) is 0 Å². The molecule has 0 unspecified atom stereocenters. The molecule has 0 saturated carbocycles. The van der Waals surface area contributed by atoms with E-state index in [-0.39, 0.29) is 12.4 Å². The fourth-order valence-electron chi connectivity index (χ4n) is 2.36. The molecule has 0 N–H and O–H groups in total. The predicted octanol–water partition coefficient (Wildman–Crippen LogP) is 4.69. The molecule has 0 aliphatic heterocycles. The van der Waals surface area contributed by atoms with Gasteiger partial charge in [-0.25, -0.2) is 0 Å². The van der Waals surface area contributed by atoms with Gasteiger partial charge in [-0.2, -0.15) is 0 Å². The molecule has 0 spiro atoms. The van der Waals surface area contributed by atoms with Crippen LogP contribution in [0.4, 0.5) is 0 Å². The lowest BCUT2D eigenvalue weighted by Crippen LogP contribution is -2.25. The van der Waals surface area contributed by atoms with Crippen molar-refractivity contribution in [3.63, 3.8) is 0 Å². The second-order valence-corrected chi connectivity index (χ2v) is 7.22. The molecule has 0 fully saturated rings. The molecule has 2 aromatic heterocycles. The van der Waals surface area contributed by atoms with Gasteiger partial charge in [0, 0.05) is 48.4 Å². The number of halogens is 1. The highest BCUT2D eigenvalue weighted by Crippen LogP contribution is 2.18. The van der Waals surface area contributed by atoms with E-state index in [4.69, 9.17) is 4.74 Å². The van der Waals surface area contributed by atoms with E-state index < -0.39 is 0 Å². The third-order valence-electron chi connectivity index (χ3n) is 3.40. The summed E-state index contributed by atoms with van der Waals surface area (Å²) >= 11 is 1.89. The first kappa shape index (κ1) is 20.1. The van der Waals surface area contributed by atoms with Crippen molar-refractivity contribution in [3.05, 3.63) is 52.0 Å². The van der Waals surface area contributed by atoms with Gasteiger partial charge in [0.1, 0.15) is 0 Å². The van der Waals surface area contributed by atoms with Gasteiger partial charge in [-0.15, -0.1) is 23.7 Å². The molecule has 5 heteroatoms. The molecule has 0 aromatic carbocycles. The van der Waals surface area contributed by atoms with E-state index in [9.17, 15) is 0 Å². The number of ether oxygens (including phenoxy) is 1. The molecule has 3 nitrogen and oxygen atoms in total. The van der Waals surface area contributed by atoms with Crippen molar-refractivity contribution in [3.8, 4) is 0 Å². The van der Waals surface area contributed by atoms with Crippen molar-refractivity contribution >= 4 is 23.7 Å². The average molecular weight is 355 g/mol. The third kappa shape index (κ3) is 7.93. The summed E-state index contributed by atoms with van der Waals surface area (Å²) in [5.74, 6) is 0. The van der Waals surface area contributed by atoms with Crippen molar-refractivity contribution in [2.75, 3.05) is 13.2 Å². The Kier molecular flexibility index (Phi) is 9.41. The monoisotopic (exact) mass is 354 g/mol. The molecule has 0 aliphatic carbocycles. The van der Waals surface area contributed by atoms with E-state index in [2.05, 4.69) is 54.9 Å². The molecule has 2 heterocycles. The Bertz CT molecular complexity index is 545. The van der Waals surface area contributed by atoms with E-state index in [1.807, 2.05) is 23.7 Å². The van der Waals surface area contributed by atoms with Gasteiger partial charge in [0.2, 0.25) is 0 Å². The smallest absolute Gasteiger partial charge is 0.0518 e. The molecule has 2 aromatic rings. The summed E-state index contributed by atoms with van der Waals surface area (Å²) in [7, 11) is 0. The summed E-state index contributed by atoms with van der Waals surface area (Å²) in [5.41, 5.74) is 1.31. The van der Waals surface area contributed by atoms with Crippen molar-refractivity contribution in [2.45, 2.75) is 46.4 Å². The van der Waals surface area contributed by atoms with Crippen LogP contribution in [-0.2, 0) is 17.8 Å². The lowest BCUT2D eigenvalue weighted by atomic mass is 10.2. The second kappa shape index (κ2) is 10.8. The zero-order chi connectivity index (χ0) is 15.8. The maximum atomic E-state index is 5.66. The zero-order valence-corrected chi connectivity index (χ0v) is 15.8. The number of hydrogen-bond acceptors (Lipinski definition) is 4. The van der Waals surface area contributed by atoms with Crippen molar-refractivity contribution in [2.24, 2.45) is 0 Å². The van der Waals surface area contributed by atoms with Gasteiger partial charge in [0.25, 0.3) is 0 Å². The van der Waals surface area contributed by atoms with Crippen LogP contribution in [0.15, 0.2) is 36.7 Å². The standard InChI is InChI=1S/C18H26N2OS.ClH/c1-15(2)21-12-4-11-20(13-17-7-9-19-10-8-17)14-18-6-5-16(3)22-18;/h5-10,15H,4,11-14H2,1-3H3;1H. The van der Waals surface area contributed by atoms with Gasteiger partial charge in [0.15, 0.2) is 0 Å². The maximum absolute atomic E-state index is 5.66. The highest BCUT2D eigenvalue weighted by Gasteiger charge is 2.09. The molecule has 0 radical (unpaired) electrons. The molecule has 0 bridgehead atoms.